The lowest BCUT2D eigenvalue weighted by Crippen LogP contribution is -2.43. The Hall–Kier alpha value is -1.72. The molecular formula is C22H31N3OS. The Morgan fingerprint density at radius 2 is 2.00 bits per heavy atom. The van der Waals surface area contributed by atoms with Gasteiger partial charge in [-0.2, -0.15) is 0 Å². The van der Waals surface area contributed by atoms with E-state index >= 15 is 0 Å². The summed E-state index contributed by atoms with van der Waals surface area (Å²) >= 11 is 1.64. The van der Waals surface area contributed by atoms with Gasteiger partial charge in [0.15, 0.2) is 0 Å². The molecule has 0 saturated carbocycles. The molecule has 1 saturated heterocycles. The summed E-state index contributed by atoms with van der Waals surface area (Å²) in [4.78, 5) is 21.0. The fourth-order valence-corrected chi connectivity index (χ4v) is 4.72. The van der Waals surface area contributed by atoms with Crippen LogP contribution in [0, 0.1) is 20.8 Å². The van der Waals surface area contributed by atoms with Crippen molar-refractivity contribution in [1.82, 2.24) is 15.2 Å². The van der Waals surface area contributed by atoms with Gasteiger partial charge in [-0.25, -0.2) is 4.98 Å². The van der Waals surface area contributed by atoms with Gasteiger partial charge in [0.25, 0.3) is 0 Å². The number of nitrogens with one attached hydrogen (secondary N) is 1. The van der Waals surface area contributed by atoms with E-state index in [4.69, 9.17) is 4.98 Å². The van der Waals surface area contributed by atoms with Crippen LogP contribution in [0.1, 0.15) is 47.2 Å². The van der Waals surface area contributed by atoms with Crippen molar-refractivity contribution in [2.75, 3.05) is 19.6 Å². The number of carbonyl (C=O) groups is 1. The Balaban J connectivity index is 1.71. The molecule has 0 aliphatic carbocycles. The van der Waals surface area contributed by atoms with Crippen LogP contribution in [0.15, 0.2) is 18.2 Å². The molecule has 1 aromatic carbocycles. The molecule has 27 heavy (non-hydrogen) atoms. The van der Waals surface area contributed by atoms with Gasteiger partial charge in [-0.15, -0.1) is 11.3 Å². The summed E-state index contributed by atoms with van der Waals surface area (Å²) < 4.78 is 0. The smallest absolute Gasteiger partial charge is 0.225 e. The molecule has 3 rings (SSSR count). The first-order valence-corrected chi connectivity index (χ1v) is 10.8. The van der Waals surface area contributed by atoms with Crippen LogP contribution in [-0.4, -0.2) is 41.5 Å². The summed E-state index contributed by atoms with van der Waals surface area (Å²) in [6, 6.07) is 6.66. The highest BCUT2D eigenvalue weighted by Crippen LogP contribution is 2.31. The van der Waals surface area contributed by atoms with E-state index in [2.05, 4.69) is 49.2 Å². The quantitative estimate of drug-likeness (QED) is 0.774. The third-order valence-electron chi connectivity index (χ3n) is 5.31. The zero-order valence-corrected chi connectivity index (χ0v) is 17.8. The summed E-state index contributed by atoms with van der Waals surface area (Å²) in [6.45, 7) is 11.7. The molecule has 2 heterocycles. The molecule has 0 bridgehead atoms. The Labute approximate surface area is 167 Å². The van der Waals surface area contributed by atoms with Gasteiger partial charge in [0.05, 0.1) is 17.1 Å². The van der Waals surface area contributed by atoms with Gasteiger partial charge < -0.3 is 10.2 Å². The van der Waals surface area contributed by atoms with Crippen LogP contribution in [0.4, 0.5) is 0 Å². The van der Waals surface area contributed by atoms with E-state index < -0.39 is 0 Å². The van der Waals surface area contributed by atoms with Gasteiger partial charge in [-0.05, 0) is 64.8 Å². The molecule has 1 fully saturated rings. The number of carbonyl (C=O) groups excluding carboxylic acids is 1. The average Bonchev–Trinajstić information content (AvgIpc) is 3.26. The maximum absolute atomic E-state index is 12.7. The maximum Gasteiger partial charge on any atom is 0.225 e. The van der Waals surface area contributed by atoms with Gasteiger partial charge in [0.2, 0.25) is 5.91 Å². The van der Waals surface area contributed by atoms with Gasteiger partial charge >= 0.3 is 0 Å². The predicted octanol–water partition coefficient (Wildman–Crippen LogP) is 4.27. The number of benzene rings is 1. The van der Waals surface area contributed by atoms with E-state index in [1.807, 2.05) is 6.92 Å². The largest absolute Gasteiger partial charge is 0.352 e. The van der Waals surface area contributed by atoms with Crippen LogP contribution < -0.4 is 5.32 Å². The van der Waals surface area contributed by atoms with Gasteiger partial charge in [0, 0.05) is 23.0 Å². The maximum atomic E-state index is 12.7. The Kier molecular flexibility index (Phi) is 6.66. The third kappa shape index (κ3) is 5.17. The highest BCUT2D eigenvalue weighted by Gasteiger charge is 2.20. The highest BCUT2D eigenvalue weighted by molar-refractivity contribution is 7.12. The minimum absolute atomic E-state index is 0.108. The minimum Gasteiger partial charge on any atom is -0.352 e. The summed E-state index contributed by atoms with van der Waals surface area (Å²) in [5.74, 6) is 0.108. The van der Waals surface area contributed by atoms with E-state index in [0.717, 1.165) is 47.2 Å². The molecule has 0 radical (unpaired) electrons. The van der Waals surface area contributed by atoms with E-state index in [-0.39, 0.29) is 11.9 Å². The van der Waals surface area contributed by atoms with Crippen molar-refractivity contribution in [3.8, 4) is 11.3 Å². The zero-order valence-electron chi connectivity index (χ0n) is 17.0. The van der Waals surface area contributed by atoms with Gasteiger partial charge in [-0.3, -0.25) is 4.79 Å². The van der Waals surface area contributed by atoms with Crippen molar-refractivity contribution in [3.05, 3.63) is 39.2 Å². The number of likely N-dealkylation sites (tertiary alicyclic amines) is 1. The molecule has 1 aliphatic heterocycles. The molecule has 0 unspecified atom stereocenters. The monoisotopic (exact) mass is 385 g/mol. The lowest BCUT2D eigenvalue weighted by atomic mass is 10.0. The number of aryl methyl sites for hydroxylation is 3. The van der Waals surface area contributed by atoms with Crippen LogP contribution >= 0.6 is 11.3 Å². The first kappa shape index (κ1) is 20.0. The molecule has 1 N–H and O–H groups in total. The Bertz CT molecular complexity index is 793. The molecule has 5 heteroatoms. The van der Waals surface area contributed by atoms with Crippen molar-refractivity contribution in [1.29, 1.82) is 0 Å². The second-order valence-electron chi connectivity index (χ2n) is 7.68. The van der Waals surface area contributed by atoms with Crippen LogP contribution in [0.2, 0.25) is 0 Å². The molecule has 4 nitrogen and oxygen atoms in total. The standard InChI is InChI=1S/C22H31N3OS/c1-5-18(14-25-10-6-7-11-25)24-21(26)13-20-22(23-17(4)27-20)19-12-15(2)8-9-16(19)3/h8-9,12,18H,5-7,10-11,13-14H2,1-4H3,(H,24,26)/t18-/m1/s1. The summed E-state index contributed by atoms with van der Waals surface area (Å²) in [7, 11) is 0. The SMILES string of the molecule is CC[C@H](CN1CCCC1)NC(=O)Cc1sc(C)nc1-c1cc(C)ccc1C. The number of amides is 1. The van der Waals surface area contributed by atoms with Crippen LogP contribution in [0.25, 0.3) is 11.3 Å². The fraction of sp³-hybridized carbons (Fsp3) is 0.545. The molecule has 1 aliphatic rings. The fourth-order valence-electron chi connectivity index (χ4n) is 3.77. The second kappa shape index (κ2) is 8.98. The van der Waals surface area contributed by atoms with E-state index in [0.29, 0.717) is 6.42 Å². The van der Waals surface area contributed by atoms with Crippen molar-refractivity contribution in [3.63, 3.8) is 0 Å². The Morgan fingerprint density at radius 1 is 1.26 bits per heavy atom. The summed E-state index contributed by atoms with van der Waals surface area (Å²) in [5, 5.41) is 4.27. The average molecular weight is 386 g/mol. The van der Waals surface area contributed by atoms with Crippen molar-refractivity contribution in [2.24, 2.45) is 0 Å². The van der Waals surface area contributed by atoms with E-state index in [9.17, 15) is 4.79 Å². The van der Waals surface area contributed by atoms with Crippen molar-refractivity contribution < 1.29 is 4.79 Å². The van der Waals surface area contributed by atoms with Gasteiger partial charge in [-0.1, -0.05) is 24.6 Å². The molecule has 146 valence electrons. The number of aromatic nitrogens is 1. The minimum atomic E-state index is 0.108. The molecule has 1 atom stereocenters. The first-order chi connectivity index (χ1) is 13.0. The predicted molar refractivity (Wildman–Crippen MR) is 113 cm³/mol. The van der Waals surface area contributed by atoms with E-state index in [1.54, 1.807) is 11.3 Å². The third-order valence-corrected chi connectivity index (χ3v) is 6.28. The second-order valence-corrected chi connectivity index (χ2v) is 8.97. The first-order valence-electron chi connectivity index (χ1n) is 10.0. The lowest BCUT2D eigenvalue weighted by Gasteiger charge is -2.23. The molecule has 0 spiro atoms. The lowest BCUT2D eigenvalue weighted by molar-refractivity contribution is -0.121. The Morgan fingerprint density at radius 3 is 2.70 bits per heavy atom. The number of rotatable bonds is 7. The topological polar surface area (TPSA) is 45.2 Å². The number of thiazole rings is 1. The van der Waals surface area contributed by atoms with Crippen LogP contribution in [0.5, 0.6) is 0 Å². The zero-order chi connectivity index (χ0) is 19.4. The van der Waals surface area contributed by atoms with Crippen LogP contribution in [0.3, 0.4) is 0 Å². The molecule has 1 aromatic heterocycles. The van der Waals surface area contributed by atoms with Crippen molar-refractivity contribution in [2.45, 2.75) is 59.4 Å². The normalized spacial score (nSPS) is 15.9. The number of nitrogens with zero attached hydrogens (tertiary/aromatic N) is 2. The van der Waals surface area contributed by atoms with Crippen molar-refractivity contribution >= 4 is 17.2 Å². The molecular weight excluding hydrogens is 354 g/mol. The van der Waals surface area contributed by atoms with Gasteiger partial charge in [0.1, 0.15) is 0 Å². The molecule has 1 amide bonds. The van der Waals surface area contributed by atoms with E-state index in [1.165, 1.54) is 24.0 Å². The summed E-state index contributed by atoms with van der Waals surface area (Å²) in [6.07, 6.45) is 3.94. The molecule has 2 aromatic rings. The van der Waals surface area contributed by atoms with Crippen LogP contribution in [-0.2, 0) is 11.2 Å². The number of hydrogen-bond acceptors (Lipinski definition) is 4. The number of hydrogen-bond donors (Lipinski definition) is 1. The summed E-state index contributed by atoms with van der Waals surface area (Å²) in [5.41, 5.74) is 4.54. The highest BCUT2D eigenvalue weighted by atomic mass is 32.1.